The number of nitrogen functional groups attached to an aromatic ring is 1. The molecule has 0 atom stereocenters. The van der Waals surface area contributed by atoms with Crippen LogP contribution in [0.15, 0.2) is 0 Å². The first kappa shape index (κ1) is 11.8. The molecule has 1 rings (SSSR count). The first-order valence-electron chi connectivity index (χ1n) is 4.73. The van der Waals surface area contributed by atoms with Crippen molar-refractivity contribution in [3.63, 3.8) is 0 Å². The Hall–Kier alpha value is -2.23. The monoisotopic (exact) mass is 223 g/mol. The average Bonchev–Trinajstić information content (AvgIpc) is 2.55. The normalized spacial score (nSPS) is 9.56. The Morgan fingerprint density at radius 3 is 2.88 bits per heavy atom. The maximum atomic E-state index is 11.2. The fourth-order valence-electron chi connectivity index (χ4n) is 1.21. The van der Waals surface area contributed by atoms with Crippen LogP contribution in [0.2, 0.25) is 0 Å². The molecule has 0 radical (unpaired) electrons. The van der Waals surface area contributed by atoms with Gasteiger partial charge in [-0.05, 0) is 6.92 Å². The van der Waals surface area contributed by atoms with E-state index in [0.717, 1.165) is 0 Å². The summed E-state index contributed by atoms with van der Waals surface area (Å²) in [6, 6.07) is 1.92. The van der Waals surface area contributed by atoms with Gasteiger partial charge in [-0.15, -0.1) is 0 Å². The minimum absolute atomic E-state index is 0.101. The van der Waals surface area contributed by atoms with Crippen molar-refractivity contribution < 1.29 is 9.53 Å². The largest absolute Gasteiger partial charge is 0.465 e. The van der Waals surface area contributed by atoms with Crippen LogP contribution in [0, 0.1) is 11.3 Å². The van der Waals surface area contributed by atoms with Crippen LogP contribution in [0.25, 0.3) is 0 Å². The molecule has 3 N–H and O–H groups in total. The van der Waals surface area contributed by atoms with Gasteiger partial charge >= 0.3 is 5.97 Å². The van der Waals surface area contributed by atoms with E-state index >= 15 is 0 Å². The molecule has 0 aromatic carbocycles. The van der Waals surface area contributed by atoms with Crippen LogP contribution >= 0.6 is 0 Å². The Morgan fingerprint density at radius 1 is 1.75 bits per heavy atom. The Kier molecular flexibility index (Phi) is 3.72. The zero-order chi connectivity index (χ0) is 12.1. The van der Waals surface area contributed by atoms with Crippen molar-refractivity contribution in [1.29, 1.82) is 5.26 Å². The number of rotatable bonds is 4. The first-order chi connectivity index (χ1) is 7.63. The van der Waals surface area contributed by atoms with Gasteiger partial charge < -0.3 is 15.8 Å². The van der Waals surface area contributed by atoms with Gasteiger partial charge in [0.25, 0.3) is 0 Å². The minimum atomic E-state index is -0.441. The smallest absolute Gasteiger partial charge is 0.327 e. The zero-order valence-electron chi connectivity index (χ0n) is 9.15. The molecule has 0 fully saturated rings. The molecule has 0 bridgehead atoms. The predicted molar refractivity (Wildman–Crippen MR) is 57.5 cm³/mol. The van der Waals surface area contributed by atoms with Crippen LogP contribution in [-0.2, 0) is 16.1 Å². The van der Waals surface area contributed by atoms with Crippen molar-refractivity contribution in [2.45, 2.75) is 13.5 Å². The van der Waals surface area contributed by atoms with Crippen molar-refractivity contribution >= 4 is 17.6 Å². The molecule has 0 saturated heterocycles. The molecule has 16 heavy (non-hydrogen) atoms. The molecule has 0 amide bonds. The quantitative estimate of drug-likeness (QED) is 0.693. The van der Waals surface area contributed by atoms with Gasteiger partial charge in [0.1, 0.15) is 24.0 Å². The molecule has 1 heterocycles. The molecular weight excluding hydrogens is 210 g/mol. The lowest BCUT2D eigenvalue weighted by atomic mass is 10.3. The van der Waals surface area contributed by atoms with Gasteiger partial charge in [0, 0.05) is 7.05 Å². The van der Waals surface area contributed by atoms with E-state index in [-0.39, 0.29) is 17.9 Å². The first-order valence-corrected chi connectivity index (χ1v) is 4.73. The van der Waals surface area contributed by atoms with Crippen molar-refractivity contribution in [1.82, 2.24) is 9.78 Å². The van der Waals surface area contributed by atoms with Crippen molar-refractivity contribution in [3.8, 4) is 6.07 Å². The second-order valence-electron chi connectivity index (χ2n) is 2.93. The molecule has 0 saturated carbocycles. The molecule has 7 nitrogen and oxygen atoms in total. The van der Waals surface area contributed by atoms with E-state index in [9.17, 15) is 4.79 Å². The molecule has 0 aliphatic heterocycles. The number of nitrogens with one attached hydrogen (secondary N) is 1. The molecule has 0 aliphatic carbocycles. The van der Waals surface area contributed by atoms with Crippen molar-refractivity contribution in [2.75, 3.05) is 24.7 Å². The number of nitrogens with two attached hydrogens (primary N) is 1. The Labute approximate surface area is 92.8 Å². The van der Waals surface area contributed by atoms with Crippen LogP contribution < -0.4 is 11.1 Å². The van der Waals surface area contributed by atoms with Crippen molar-refractivity contribution in [3.05, 3.63) is 5.56 Å². The summed E-state index contributed by atoms with van der Waals surface area (Å²) in [5, 5.41) is 15.5. The summed E-state index contributed by atoms with van der Waals surface area (Å²) in [5.74, 6) is 0.0630. The number of nitriles is 1. The SMILES string of the molecule is CCOC(=O)Cn1nc(NC)c(C#N)c1N. The molecule has 7 heteroatoms. The summed E-state index contributed by atoms with van der Waals surface area (Å²) in [6.45, 7) is 1.91. The van der Waals surface area contributed by atoms with Crippen molar-refractivity contribution in [2.24, 2.45) is 0 Å². The van der Waals surface area contributed by atoms with E-state index in [4.69, 9.17) is 15.7 Å². The summed E-state index contributed by atoms with van der Waals surface area (Å²) >= 11 is 0. The second kappa shape index (κ2) is 5.02. The van der Waals surface area contributed by atoms with Gasteiger partial charge in [-0.25, -0.2) is 4.68 Å². The third-order valence-corrected chi connectivity index (χ3v) is 1.92. The molecule has 0 spiro atoms. The highest BCUT2D eigenvalue weighted by Gasteiger charge is 2.16. The molecule has 1 aromatic rings. The van der Waals surface area contributed by atoms with E-state index in [2.05, 4.69) is 10.4 Å². The fraction of sp³-hybridized carbons (Fsp3) is 0.444. The Bertz CT molecular complexity index is 432. The number of anilines is 2. The van der Waals surface area contributed by atoms with E-state index in [0.29, 0.717) is 12.4 Å². The maximum absolute atomic E-state index is 11.2. The summed E-state index contributed by atoms with van der Waals surface area (Å²) in [6.07, 6.45) is 0. The number of ether oxygens (including phenoxy) is 1. The number of aromatic nitrogens is 2. The number of carbonyl (C=O) groups excluding carboxylic acids is 1. The third-order valence-electron chi connectivity index (χ3n) is 1.92. The topological polar surface area (TPSA) is 106 Å². The molecule has 86 valence electrons. The van der Waals surface area contributed by atoms with Gasteiger partial charge in [-0.3, -0.25) is 4.79 Å². The number of hydrogen-bond donors (Lipinski definition) is 2. The van der Waals surface area contributed by atoms with E-state index < -0.39 is 5.97 Å². The van der Waals surface area contributed by atoms with Crippen LogP contribution in [-0.4, -0.2) is 29.4 Å². The third kappa shape index (κ3) is 2.23. The molecule has 0 unspecified atom stereocenters. The minimum Gasteiger partial charge on any atom is -0.465 e. The van der Waals surface area contributed by atoms with Gasteiger partial charge in [0.15, 0.2) is 5.82 Å². The number of nitrogens with zero attached hydrogens (tertiary/aromatic N) is 3. The van der Waals surface area contributed by atoms with E-state index in [1.807, 2.05) is 6.07 Å². The highest BCUT2D eigenvalue weighted by Crippen LogP contribution is 2.19. The Balaban J connectivity index is 2.94. The molecular formula is C9H13N5O2. The number of esters is 1. The van der Waals surface area contributed by atoms with E-state index in [1.165, 1.54) is 4.68 Å². The lowest BCUT2D eigenvalue weighted by Crippen LogP contribution is -2.16. The van der Waals surface area contributed by atoms with Gasteiger partial charge in [0.2, 0.25) is 0 Å². The molecule has 1 aromatic heterocycles. The van der Waals surface area contributed by atoms with Crippen LogP contribution in [0.1, 0.15) is 12.5 Å². The predicted octanol–water partition coefficient (Wildman–Crippen LogP) is -0.0582. The lowest BCUT2D eigenvalue weighted by molar-refractivity contribution is -0.143. The highest BCUT2D eigenvalue weighted by molar-refractivity contribution is 5.71. The van der Waals surface area contributed by atoms with Gasteiger partial charge in [-0.1, -0.05) is 0 Å². The second-order valence-corrected chi connectivity index (χ2v) is 2.93. The summed E-state index contributed by atoms with van der Waals surface area (Å²) in [4.78, 5) is 11.2. The number of carbonyl (C=O) groups is 1. The van der Waals surface area contributed by atoms with Crippen LogP contribution in [0.3, 0.4) is 0 Å². The zero-order valence-corrected chi connectivity index (χ0v) is 9.15. The summed E-state index contributed by atoms with van der Waals surface area (Å²) < 4.78 is 6.00. The maximum Gasteiger partial charge on any atom is 0.327 e. The average molecular weight is 223 g/mol. The lowest BCUT2D eigenvalue weighted by Gasteiger charge is -2.03. The molecule has 0 aliphatic rings. The van der Waals surface area contributed by atoms with Crippen LogP contribution in [0.5, 0.6) is 0 Å². The fourth-order valence-corrected chi connectivity index (χ4v) is 1.21. The number of hydrogen-bond acceptors (Lipinski definition) is 6. The summed E-state index contributed by atoms with van der Waals surface area (Å²) in [7, 11) is 1.62. The highest BCUT2D eigenvalue weighted by atomic mass is 16.5. The van der Waals surface area contributed by atoms with Crippen LogP contribution in [0.4, 0.5) is 11.6 Å². The standard InChI is InChI=1S/C9H13N5O2/c1-3-16-7(15)5-14-8(11)6(4-10)9(12-2)13-14/h3,5,11H2,1-2H3,(H,12,13). The van der Waals surface area contributed by atoms with Gasteiger partial charge in [0.05, 0.1) is 6.61 Å². The Morgan fingerprint density at radius 2 is 2.44 bits per heavy atom. The van der Waals surface area contributed by atoms with E-state index in [1.54, 1.807) is 14.0 Å². The van der Waals surface area contributed by atoms with Gasteiger partial charge in [-0.2, -0.15) is 10.4 Å². The summed E-state index contributed by atoms with van der Waals surface area (Å²) in [5.41, 5.74) is 5.89.